The monoisotopic (exact) mass is 364 g/mol. The van der Waals surface area contributed by atoms with Crippen LogP contribution in [-0.2, 0) is 0 Å². The van der Waals surface area contributed by atoms with E-state index in [0.717, 1.165) is 0 Å². The summed E-state index contributed by atoms with van der Waals surface area (Å²) in [5, 5.41) is 0. The van der Waals surface area contributed by atoms with Crippen molar-refractivity contribution in [3.63, 3.8) is 0 Å². The molecule has 1 aliphatic rings. The molecule has 0 atom stereocenters. The summed E-state index contributed by atoms with van der Waals surface area (Å²) < 4.78 is 3.17. The van der Waals surface area contributed by atoms with Gasteiger partial charge in [0, 0.05) is 0 Å². The van der Waals surface area contributed by atoms with Crippen molar-refractivity contribution in [2.24, 2.45) is 0 Å². The van der Waals surface area contributed by atoms with Gasteiger partial charge in [0.25, 0.3) is 0 Å². The van der Waals surface area contributed by atoms with Gasteiger partial charge in [-0.3, -0.25) is 0 Å². The summed E-state index contributed by atoms with van der Waals surface area (Å²) in [5.74, 6) is 0. The van der Waals surface area contributed by atoms with E-state index in [1.165, 1.54) is 11.1 Å². The molecule has 88 valence electrons. The molecule has 0 saturated carbocycles. The zero-order valence-corrected chi connectivity index (χ0v) is 13.2. The molecule has 0 nitrogen and oxygen atoms in total. The van der Waals surface area contributed by atoms with Crippen molar-refractivity contribution < 1.29 is 0 Å². The molecule has 0 spiro atoms. The normalized spacial score (nSPS) is 16.9. The van der Waals surface area contributed by atoms with Crippen LogP contribution in [0.25, 0.3) is 10.5 Å². The SMILES string of the molecule is C1=C(c2ccccc2)[Se]/C(=C\c2ccccc2)[Se]1. The Bertz CT molecular complexity index is 583. The summed E-state index contributed by atoms with van der Waals surface area (Å²) in [5.41, 5.74) is 2.73. The van der Waals surface area contributed by atoms with Crippen LogP contribution in [0.1, 0.15) is 11.1 Å². The predicted octanol–water partition coefficient (Wildman–Crippen LogP) is 3.41. The van der Waals surface area contributed by atoms with Crippen LogP contribution in [0.15, 0.2) is 69.0 Å². The van der Waals surface area contributed by atoms with E-state index in [-0.39, 0.29) is 0 Å². The Labute approximate surface area is 120 Å². The summed E-state index contributed by atoms with van der Waals surface area (Å²) in [7, 11) is 0. The molecule has 3 rings (SSSR count). The maximum atomic E-state index is 2.44. The Kier molecular flexibility index (Phi) is 3.83. The molecule has 2 heteroatoms. The fraction of sp³-hybridized carbons (Fsp3) is 0. The first-order valence-corrected chi connectivity index (χ1v) is 9.34. The van der Waals surface area contributed by atoms with Crippen LogP contribution in [-0.4, -0.2) is 29.9 Å². The Hall–Kier alpha value is -1.04. The van der Waals surface area contributed by atoms with Gasteiger partial charge in [-0.2, -0.15) is 0 Å². The van der Waals surface area contributed by atoms with Gasteiger partial charge in [0.1, 0.15) is 0 Å². The number of hydrogen-bond donors (Lipinski definition) is 0. The van der Waals surface area contributed by atoms with Crippen molar-refractivity contribution in [2.75, 3.05) is 0 Å². The third kappa shape index (κ3) is 2.85. The van der Waals surface area contributed by atoms with Gasteiger partial charge in [0.2, 0.25) is 0 Å². The molecular formula is C16H12Se2. The topological polar surface area (TPSA) is 0 Å². The summed E-state index contributed by atoms with van der Waals surface area (Å²) >= 11 is 1.05. The van der Waals surface area contributed by atoms with E-state index in [2.05, 4.69) is 71.7 Å². The third-order valence-electron chi connectivity index (χ3n) is 2.64. The first kappa shape index (κ1) is 12.0. The first-order chi connectivity index (χ1) is 8.92. The molecule has 0 unspecified atom stereocenters. The van der Waals surface area contributed by atoms with Crippen LogP contribution in [0.4, 0.5) is 0 Å². The van der Waals surface area contributed by atoms with E-state index in [9.17, 15) is 0 Å². The quantitative estimate of drug-likeness (QED) is 0.719. The average Bonchev–Trinajstić information content (AvgIpc) is 2.89. The standard InChI is InChI=1S/C16H12Se2/c1-3-7-13(8-4-1)11-16-17-12-15(18-16)14-9-5-2-6-10-14/h1-12H/b16-11-. The molecule has 0 radical (unpaired) electrons. The second kappa shape index (κ2) is 5.73. The molecule has 0 N–H and O–H groups in total. The molecule has 2 aromatic rings. The number of benzene rings is 2. The molecule has 0 amide bonds. The Morgan fingerprint density at radius 1 is 0.778 bits per heavy atom. The van der Waals surface area contributed by atoms with Crippen molar-refractivity contribution in [3.05, 3.63) is 80.1 Å². The second-order valence-corrected chi connectivity index (χ2v) is 9.44. The molecule has 1 aliphatic heterocycles. The van der Waals surface area contributed by atoms with Gasteiger partial charge in [-0.05, 0) is 0 Å². The van der Waals surface area contributed by atoms with Gasteiger partial charge >= 0.3 is 121 Å². The van der Waals surface area contributed by atoms with Crippen molar-refractivity contribution in [1.29, 1.82) is 0 Å². The van der Waals surface area contributed by atoms with E-state index in [4.69, 9.17) is 0 Å². The van der Waals surface area contributed by atoms with Gasteiger partial charge in [-0.25, -0.2) is 0 Å². The molecule has 0 saturated heterocycles. The zero-order chi connectivity index (χ0) is 12.2. The molecular weight excluding hydrogens is 350 g/mol. The van der Waals surface area contributed by atoms with Crippen molar-refractivity contribution in [3.8, 4) is 0 Å². The van der Waals surface area contributed by atoms with E-state index >= 15 is 0 Å². The minimum absolute atomic E-state index is 0.511. The fourth-order valence-electron chi connectivity index (χ4n) is 1.75. The molecule has 0 aliphatic carbocycles. The van der Waals surface area contributed by atoms with E-state index in [1.807, 2.05) is 0 Å². The van der Waals surface area contributed by atoms with Gasteiger partial charge in [0.15, 0.2) is 0 Å². The van der Waals surface area contributed by atoms with Crippen molar-refractivity contribution >= 4 is 40.5 Å². The molecule has 0 bridgehead atoms. The van der Waals surface area contributed by atoms with Gasteiger partial charge in [0.05, 0.1) is 0 Å². The van der Waals surface area contributed by atoms with Crippen LogP contribution in [0.5, 0.6) is 0 Å². The Balaban J connectivity index is 1.77. The second-order valence-electron chi connectivity index (χ2n) is 3.94. The fourth-order valence-corrected chi connectivity index (χ4v) is 7.60. The van der Waals surface area contributed by atoms with Gasteiger partial charge in [-0.15, -0.1) is 0 Å². The average molecular weight is 362 g/mol. The van der Waals surface area contributed by atoms with Gasteiger partial charge in [-0.1, -0.05) is 0 Å². The number of hydrogen-bond acceptors (Lipinski definition) is 0. The van der Waals surface area contributed by atoms with Crippen LogP contribution in [0.3, 0.4) is 0 Å². The molecule has 1 heterocycles. The van der Waals surface area contributed by atoms with Crippen molar-refractivity contribution in [2.45, 2.75) is 0 Å². The van der Waals surface area contributed by atoms with E-state index < -0.39 is 0 Å². The van der Waals surface area contributed by atoms with Crippen molar-refractivity contribution in [1.82, 2.24) is 0 Å². The third-order valence-corrected chi connectivity index (χ3v) is 8.70. The summed E-state index contributed by atoms with van der Waals surface area (Å²) in [6.07, 6.45) is 2.37. The summed E-state index contributed by atoms with van der Waals surface area (Å²) in [4.78, 5) is 2.44. The first-order valence-electron chi connectivity index (χ1n) is 5.79. The molecule has 18 heavy (non-hydrogen) atoms. The van der Waals surface area contributed by atoms with Crippen LogP contribution in [0, 0.1) is 0 Å². The minimum atomic E-state index is 0.511. The van der Waals surface area contributed by atoms with E-state index in [0.29, 0.717) is 29.9 Å². The van der Waals surface area contributed by atoms with Crippen LogP contribution >= 0.6 is 0 Å². The maximum absolute atomic E-state index is 2.44. The summed E-state index contributed by atoms with van der Waals surface area (Å²) in [6, 6.07) is 21.4. The zero-order valence-electron chi connectivity index (χ0n) is 9.74. The Morgan fingerprint density at radius 2 is 1.44 bits per heavy atom. The Morgan fingerprint density at radius 3 is 2.17 bits per heavy atom. The predicted molar refractivity (Wildman–Crippen MR) is 80.3 cm³/mol. The van der Waals surface area contributed by atoms with E-state index in [1.54, 1.807) is 7.84 Å². The number of rotatable bonds is 2. The van der Waals surface area contributed by atoms with Crippen LogP contribution in [0.2, 0.25) is 0 Å². The molecule has 2 aromatic carbocycles. The van der Waals surface area contributed by atoms with Gasteiger partial charge < -0.3 is 0 Å². The summed E-state index contributed by atoms with van der Waals surface area (Å²) in [6.45, 7) is 0. The molecule has 0 fully saturated rings. The molecule has 0 aromatic heterocycles. The van der Waals surface area contributed by atoms with Crippen LogP contribution < -0.4 is 0 Å².